The number of rotatable bonds is 7. The van der Waals surface area contributed by atoms with E-state index in [4.69, 9.17) is 4.74 Å². The molecule has 3 aliphatic rings. The minimum absolute atomic E-state index is 0. The van der Waals surface area contributed by atoms with E-state index in [1.54, 1.807) is 12.3 Å². The molecular formula is C24H25ClN6O4. The first kappa shape index (κ1) is 23.5. The summed E-state index contributed by atoms with van der Waals surface area (Å²) in [5, 5.41) is 21.9. The van der Waals surface area contributed by atoms with Crippen molar-refractivity contribution in [2.75, 3.05) is 19.6 Å². The van der Waals surface area contributed by atoms with Crippen molar-refractivity contribution in [2.45, 2.75) is 26.1 Å². The number of β-amino-alcohol motifs (C(OH)–C–C–N with tert-alkyl or cyclic N) is 1. The number of aliphatic hydroxyl groups is 1. The highest BCUT2D eigenvalue weighted by molar-refractivity contribution is 5.94. The fraction of sp³-hybridized carbons (Fsp3) is 0.417. The van der Waals surface area contributed by atoms with Gasteiger partial charge in [-0.2, -0.15) is 4.68 Å². The summed E-state index contributed by atoms with van der Waals surface area (Å²) in [5.41, 5.74) is 4.71. The molecule has 11 heteroatoms. The SMILES string of the molecule is Cc1c([C@@H](O)CN2CC3C(C2)C3C(=O)Cc2ccc(-n3cnnn3)cn2)ccc2c1COC2=O.Cl. The lowest BCUT2D eigenvalue weighted by Crippen LogP contribution is -2.31. The number of ketones is 1. The highest BCUT2D eigenvalue weighted by Gasteiger charge is 2.58. The molecule has 2 aromatic heterocycles. The normalized spacial score (nSPS) is 23.3. The van der Waals surface area contributed by atoms with E-state index in [-0.39, 0.29) is 36.7 Å². The maximum Gasteiger partial charge on any atom is 0.338 e. The quantitative estimate of drug-likeness (QED) is 0.484. The number of pyridine rings is 1. The molecule has 4 heterocycles. The van der Waals surface area contributed by atoms with Crippen LogP contribution in [0.5, 0.6) is 0 Å². The number of tetrazole rings is 1. The van der Waals surface area contributed by atoms with E-state index in [1.807, 2.05) is 25.1 Å². The van der Waals surface area contributed by atoms with Crippen molar-refractivity contribution in [1.82, 2.24) is 30.1 Å². The number of ether oxygens (including phenoxy) is 1. The zero-order valence-corrected chi connectivity index (χ0v) is 19.9. The van der Waals surface area contributed by atoms with Crippen LogP contribution in [0.1, 0.15) is 38.8 Å². The number of fused-ring (bicyclic) bond motifs is 2. The van der Waals surface area contributed by atoms with Crippen LogP contribution >= 0.6 is 12.4 Å². The summed E-state index contributed by atoms with van der Waals surface area (Å²) < 4.78 is 6.63. The van der Waals surface area contributed by atoms with E-state index in [0.29, 0.717) is 30.4 Å². The van der Waals surface area contributed by atoms with Crippen LogP contribution in [-0.4, -0.2) is 66.6 Å². The number of likely N-dealkylation sites (tertiary alicyclic amines) is 1. The van der Waals surface area contributed by atoms with Crippen LogP contribution in [0.2, 0.25) is 0 Å². The van der Waals surface area contributed by atoms with Crippen molar-refractivity contribution in [3.63, 3.8) is 0 Å². The van der Waals surface area contributed by atoms with Gasteiger partial charge in [0, 0.05) is 43.2 Å². The van der Waals surface area contributed by atoms with Crippen LogP contribution in [0.15, 0.2) is 36.8 Å². The monoisotopic (exact) mass is 496 g/mol. The first-order chi connectivity index (χ1) is 16.5. The first-order valence-corrected chi connectivity index (χ1v) is 11.4. The van der Waals surface area contributed by atoms with Gasteiger partial charge in [0.25, 0.3) is 0 Å². The molecule has 1 aliphatic carbocycles. The van der Waals surface area contributed by atoms with Gasteiger partial charge in [-0.05, 0) is 58.5 Å². The third-order valence-electron chi connectivity index (χ3n) is 7.42. The third-order valence-corrected chi connectivity index (χ3v) is 7.42. The molecule has 2 fully saturated rings. The van der Waals surface area contributed by atoms with E-state index in [0.717, 1.165) is 41.2 Å². The second-order valence-electron chi connectivity index (χ2n) is 9.38. The van der Waals surface area contributed by atoms with Crippen molar-refractivity contribution in [3.05, 3.63) is 64.7 Å². The minimum Gasteiger partial charge on any atom is -0.457 e. The van der Waals surface area contributed by atoms with Gasteiger partial charge in [0.1, 0.15) is 18.7 Å². The average Bonchev–Trinajstić information content (AvgIpc) is 3.27. The molecule has 0 amide bonds. The van der Waals surface area contributed by atoms with Crippen molar-refractivity contribution in [3.8, 4) is 5.69 Å². The van der Waals surface area contributed by atoms with Crippen molar-refractivity contribution < 1.29 is 19.4 Å². The molecule has 35 heavy (non-hydrogen) atoms. The molecule has 2 unspecified atom stereocenters. The first-order valence-electron chi connectivity index (χ1n) is 11.4. The third kappa shape index (κ3) is 4.22. The molecule has 0 spiro atoms. The molecular weight excluding hydrogens is 472 g/mol. The Balaban J connectivity index is 0.00000253. The Morgan fingerprint density at radius 3 is 2.71 bits per heavy atom. The average molecular weight is 497 g/mol. The molecule has 0 bridgehead atoms. The van der Waals surface area contributed by atoms with Crippen molar-refractivity contribution in [1.29, 1.82) is 0 Å². The number of nitrogens with zero attached hydrogens (tertiary/aromatic N) is 6. The number of benzene rings is 1. The van der Waals surface area contributed by atoms with Gasteiger partial charge in [0.2, 0.25) is 0 Å². The molecule has 3 atom stereocenters. The number of carbonyl (C=O) groups is 2. The number of Topliss-reactive ketones (excluding diaryl/α,β-unsaturated/α-hetero) is 1. The molecule has 10 nitrogen and oxygen atoms in total. The molecule has 1 saturated heterocycles. The fourth-order valence-corrected chi connectivity index (χ4v) is 5.54. The molecule has 182 valence electrons. The highest BCUT2D eigenvalue weighted by Crippen LogP contribution is 2.52. The summed E-state index contributed by atoms with van der Waals surface area (Å²) in [5.74, 6) is 0.726. The van der Waals surface area contributed by atoms with Gasteiger partial charge in [0.15, 0.2) is 0 Å². The van der Waals surface area contributed by atoms with Crippen LogP contribution in [0.25, 0.3) is 5.69 Å². The Bertz CT molecular complexity index is 1250. The predicted molar refractivity (Wildman–Crippen MR) is 125 cm³/mol. The van der Waals surface area contributed by atoms with Gasteiger partial charge in [-0.25, -0.2) is 4.79 Å². The van der Waals surface area contributed by atoms with Crippen LogP contribution in [0.4, 0.5) is 0 Å². The number of piperidine rings is 1. The number of aliphatic hydroxyl groups excluding tert-OH is 1. The van der Waals surface area contributed by atoms with E-state index >= 15 is 0 Å². The van der Waals surface area contributed by atoms with E-state index < -0.39 is 6.10 Å². The molecule has 2 aliphatic heterocycles. The van der Waals surface area contributed by atoms with Crippen molar-refractivity contribution in [2.24, 2.45) is 17.8 Å². The summed E-state index contributed by atoms with van der Waals surface area (Å²) in [6.45, 7) is 4.35. The Kier molecular flexibility index (Phi) is 6.12. The summed E-state index contributed by atoms with van der Waals surface area (Å²) in [6, 6.07) is 7.26. The largest absolute Gasteiger partial charge is 0.457 e. The number of esters is 1. The van der Waals surface area contributed by atoms with Crippen LogP contribution in [-0.2, 0) is 22.6 Å². The lowest BCUT2D eigenvalue weighted by Gasteiger charge is -2.24. The van der Waals surface area contributed by atoms with E-state index in [1.165, 1.54) is 11.0 Å². The fourth-order valence-electron chi connectivity index (χ4n) is 5.54. The van der Waals surface area contributed by atoms with Crippen LogP contribution in [0.3, 0.4) is 0 Å². The topological polar surface area (TPSA) is 123 Å². The summed E-state index contributed by atoms with van der Waals surface area (Å²) >= 11 is 0. The molecule has 1 aromatic carbocycles. The number of aromatic nitrogens is 5. The summed E-state index contributed by atoms with van der Waals surface area (Å²) in [4.78, 5) is 31.2. The Morgan fingerprint density at radius 1 is 1.23 bits per heavy atom. The lowest BCUT2D eigenvalue weighted by atomic mass is 9.95. The number of hydrogen-bond donors (Lipinski definition) is 1. The Labute approximate surface area is 207 Å². The molecule has 3 aromatic rings. The maximum atomic E-state index is 12.8. The van der Waals surface area contributed by atoms with Gasteiger partial charge >= 0.3 is 5.97 Å². The predicted octanol–water partition coefficient (Wildman–Crippen LogP) is 1.48. The Hall–Kier alpha value is -3.21. The zero-order chi connectivity index (χ0) is 23.4. The van der Waals surface area contributed by atoms with E-state index in [9.17, 15) is 14.7 Å². The number of halogens is 1. The van der Waals surface area contributed by atoms with Crippen LogP contribution < -0.4 is 0 Å². The van der Waals surface area contributed by atoms with Gasteiger partial charge in [0.05, 0.1) is 23.6 Å². The molecule has 0 radical (unpaired) electrons. The van der Waals surface area contributed by atoms with Gasteiger partial charge in [-0.1, -0.05) is 6.07 Å². The number of cyclic esters (lactones) is 1. The number of carbonyl (C=O) groups excluding carboxylic acids is 2. The standard InChI is InChI=1S/C24H24N6O4.ClH/c1-13-16(4-5-17-20(13)11-34-24(17)33)22(32)10-29-8-18-19(9-29)23(18)21(31)6-14-2-3-15(7-25-14)30-12-26-27-28-30;/h2-5,7,12,18-19,22-23,32H,6,8-11H2,1H3;1H/t18?,19?,22-,23?;/m0./s1. The second-order valence-corrected chi connectivity index (χ2v) is 9.38. The molecule has 1 N–H and O–H groups in total. The number of hydrogen-bond acceptors (Lipinski definition) is 9. The smallest absolute Gasteiger partial charge is 0.338 e. The maximum absolute atomic E-state index is 12.8. The highest BCUT2D eigenvalue weighted by atomic mass is 35.5. The van der Waals surface area contributed by atoms with Crippen LogP contribution in [0, 0.1) is 24.7 Å². The minimum atomic E-state index is -0.643. The summed E-state index contributed by atoms with van der Waals surface area (Å²) in [7, 11) is 0. The van der Waals surface area contributed by atoms with Gasteiger partial charge < -0.3 is 9.84 Å². The van der Waals surface area contributed by atoms with Gasteiger partial charge in [-0.3, -0.25) is 14.7 Å². The van der Waals surface area contributed by atoms with E-state index in [2.05, 4.69) is 25.4 Å². The molecule has 6 rings (SSSR count). The second kappa shape index (κ2) is 9.10. The molecule has 1 saturated carbocycles. The summed E-state index contributed by atoms with van der Waals surface area (Å²) in [6.07, 6.45) is 2.84. The van der Waals surface area contributed by atoms with Gasteiger partial charge in [-0.15, -0.1) is 17.5 Å². The van der Waals surface area contributed by atoms with Crippen molar-refractivity contribution >= 4 is 24.2 Å². The zero-order valence-electron chi connectivity index (χ0n) is 19.1. The Morgan fingerprint density at radius 2 is 2.03 bits per heavy atom. The lowest BCUT2D eigenvalue weighted by molar-refractivity contribution is -0.120.